The summed E-state index contributed by atoms with van der Waals surface area (Å²) < 4.78 is 54.2. The standard InChI is InChI=1S/C23H19ClF2N2O4/c24-16-5-3-15(4-6-16)23(25,26)19(29)9-2-13-1-7-17-14(11-13)12-28(22(17)32)18-8-10-20(30)27-21(18)31/h1,3-7,11,18H,2,8-10,12H2,(H,27,30,31)/i1D,7D,11D. The highest BCUT2D eigenvalue weighted by atomic mass is 35.5. The lowest BCUT2D eigenvalue weighted by Crippen LogP contribution is -2.52. The molecule has 2 aliphatic rings. The predicted molar refractivity (Wildman–Crippen MR) is 111 cm³/mol. The van der Waals surface area contributed by atoms with Gasteiger partial charge < -0.3 is 4.90 Å². The number of amides is 3. The van der Waals surface area contributed by atoms with Gasteiger partial charge in [0.25, 0.3) is 5.91 Å². The first-order chi connectivity index (χ1) is 16.4. The summed E-state index contributed by atoms with van der Waals surface area (Å²) in [5.41, 5.74) is -0.754. The van der Waals surface area contributed by atoms with Gasteiger partial charge in [-0.15, -0.1) is 0 Å². The quantitative estimate of drug-likeness (QED) is 0.665. The maximum absolute atomic E-state index is 14.6. The van der Waals surface area contributed by atoms with Crippen LogP contribution < -0.4 is 5.32 Å². The Bertz CT molecular complexity index is 1270. The Kier molecular flexibility index (Phi) is 4.86. The molecule has 1 saturated heterocycles. The lowest BCUT2D eigenvalue weighted by Gasteiger charge is -2.29. The van der Waals surface area contributed by atoms with Crippen molar-refractivity contribution in [2.45, 2.75) is 44.2 Å². The zero-order chi connectivity index (χ0) is 25.7. The van der Waals surface area contributed by atoms with E-state index >= 15 is 0 Å². The molecule has 2 aromatic carbocycles. The number of halogens is 3. The number of rotatable bonds is 6. The minimum atomic E-state index is -3.81. The molecule has 4 rings (SSSR count). The van der Waals surface area contributed by atoms with Gasteiger partial charge in [-0.05, 0) is 42.1 Å². The summed E-state index contributed by atoms with van der Waals surface area (Å²) in [4.78, 5) is 50.1. The highest BCUT2D eigenvalue weighted by Gasteiger charge is 2.41. The first kappa shape index (κ1) is 18.4. The van der Waals surface area contributed by atoms with Crippen molar-refractivity contribution in [3.8, 4) is 0 Å². The minimum Gasteiger partial charge on any atom is -0.322 e. The van der Waals surface area contributed by atoms with E-state index in [0.717, 1.165) is 17.0 Å². The van der Waals surface area contributed by atoms with Gasteiger partial charge in [-0.3, -0.25) is 24.5 Å². The van der Waals surface area contributed by atoms with Gasteiger partial charge in [0.15, 0.2) is 0 Å². The van der Waals surface area contributed by atoms with Gasteiger partial charge >= 0.3 is 5.92 Å². The molecule has 1 atom stereocenters. The number of alkyl halides is 2. The van der Waals surface area contributed by atoms with Crippen LogP contribution in [0.3, 0.4) is 0 Å². The Labute approximate surface area is 191 Å². The molecule has 2 aromatic rings. The number of nitrogens with zero attached hydrogens (tertiary/aromatic N) is 1. The van der Waals surface area contributed by atoms with E-state index < -0.39 is 66.0 Å². The number of piperidine rings is 1. The van der Waals surface area contributed by atoms with Gasteiger partial charge in [0.2, 0.25) is 17.6 Å². The number of ketones is 1. The van der Waals surface area contributed by atoms with Crippen LogP contribution in [0.5, 0.6) is 0 Å². The van der Waals surface area contributed by atoms with E-state index in [4.69, 9.17) is 15.7 Å². The number of carbonyl (C=O) groups is 4. The first-order valence-electron chi connectivity index (χ1n) is 11.4. The van der Waals surface area contributed by atoms with Gasteiger partial charge in [0.05, 0.1) is 4.11 Å². The Balaban J connectivity index is 1.58. The summed E-state index contributed by atoms with van der Waals surface area (Å²) in [7, 11) is 0. The number of benzene rings is 2. The molecule has 1 fully saturated rings. The fraction of sp³-hybridized carbons (Fsp3) is 0.304. The zero-order valence-corrected chi connectivity index (χ0v) is 17.4. The van der Waals surface area contributed by atoms with Crippen molar-refractivity contribution in [2.24, 2.45) is 0 Å². The van der Waals surface area contributed by atoms with E-state index in [1.54, 1.807) is 0 Å². The Hall–Kier alpha value is -3.13. The molecule has 0 radical (unpaired) electrons. The second-order valence-electron chi connectivity index (χ2n) is 7.61. The summed E-state index contributed by atoms with van der Waals surface area (Å²) in [6, 6.07) is 2.28. The van der Waals surface area contributed by atoms with Crippen molar-refractivity contribution >= 4 is 35.1 Å². The largest absolute Gasteiger partial charge is 0.330 e. The Morgan fingerprint density at radius 3 is 2.62 bits per heavy atom. The lowest BCUT2D eigenvalue weighted by molar-refractivity contribution is -0.144. The number of hydrogen-bond acceptors (Lipinski definition) is 4. The van der Waals surface area contributed by atoms with Crippen LogP contribution in [0, 0.1) is 0 Å². The number of hydrogen-bond donors (Lipinski definition) is 1. The Morgan fingerprint density at radius 1 is 1.22 bits per heavy atom. The third-order valence-corrected chi connectivity index (χ3v) is 5.74. The number of nitrogens with one attached hydrogen (secondary N) is 1. The van der Waals surface area contributed by atoms with Crippen molar-refractivity contribution in [1.82, 2.24) is 10.2 Å². The molecule has 0 bridgehead atoms. The van der Waals surface area contributed by atoms with Crippen LogP contribution in [0.15, 0.2) is 42.4 Å². The van der Waals surface area contributed by atoms with E-state index in [1.165, 1.54) is 12.1 Å². The highest BCUT2D eigenvalue weighted by molar-refractivity contribution is 6.30. The lowest BCUT2D eigenvalue weighted by atomic mass is 9.97. The van der Waals surface area contributed by atoms with E-state index in [-0.39, 0.29) is 47.1 Å². The molecule has 0 saturated carbocycles. The van der Waals surface area contributed by atoms with Crippen LogP contribution in [0.1, 0.15) is 50.4 Å². The zero-order valence-electron chi connectivity index (χ0n) is 19.6. The van der Waals surface area contributed by atoms with E-state index in [9.17, 15) is 28.0 Å². The van der Waals surface area contributed by atoms with Crippen molar-refractivity contribution in [2.75, 3.05) is 0 Å². The summed E-state index contributed by atoms with van der Waals surface area (Å²) in [6.07, 6.45) is -0.987. The predicted octanol–water partition coefficient (Wildman–Crippen LogP) is 3.39. The molecule has 3 amide bonds. The van der Waals surface area contributed by atoms with E-state index in [2.05, 4.69) is 5.32 Å². The Morgan fingerprint density at radius 2 is 1.94 bits per heavy atom. The molecule has 2 heterocycles. The molecule has 9 heteroatoms. The van der Waals surface area contributed by atoms with Crippen molar-refractivity contribution < 1.29 is 32.1 Å². The molecule has 0 aliphatic carbocycles. The third kappa shape index (κ3) is 4.14. The van der Waals surface area contributed by atoms with E-state index in [1.807, 2.05) is 0 Å². The number of Topliss-reactive ketones (excluding diaryl/α,β-unsaturated/α-hetero) is 1. The van der Waals surface area contributed by atoms with Crippen LogP contribution >= 0.6 is 11.6 Å². The second kappa shape index (κ2) is 8.43. The molecular weight excluding hydrogens is 442 g/mol. The van der Waals surface area contributed by atoms with Crippen LogP contribution in [0.4, 0.5) is 8.78 Å². The number of imide groups is 1. The monoisotopic (exact) mass is 463 g/mol. The van der Waals surface area contributed by atoms with Gasteiger partial charge in [-0.25, -0.2) is 0 Å². The molecule has 2 aliphatic heterocycles. The molecule has 1 unspecified atom stereocenters. The summed E-state index contributed by atoms with van der Waals surface area (Å²) in [5, 5.41) is 2.38. The smallest absolute Gasteiger partial charge is 0.322 e. The fourth-order valence-electron chi connectivity index (χ4n) is 3.75. The molecule has 166 valence electrons. The maximum atomic E-state index is 14.6. The third-order valence-electron chi connectivity index (χ3n) is 5.49. The van der Waals surface area contributed by atoms with Crippen molar-refractivity contribution in [3.05, 3.63) is 69.7 Å². The van der Waals surface area contributed by atoms with Crippen LogP contribution in [-0.4, -0.2) is 34.4 Å². The molecule has 1 N–H and O–H groups in total. The maximum Gasteiger partial charge on any atom is 0.330 e. The van der Waals surface area contributed by atoms with Crippen molar-refractivity contribution in [1.29, 1.82) is 0 Å². The second-order valence-corrected chi connectivity index (χ2v) is 8.05. The van der Waals surface area contributed by atoms with Crippen LogP contribution in [-0.2, 0) is 33.3 Å². The molecule has 32 heavy (non-hydrogen) atoms. The number of fused-ring (bicyclic) bond motifs is 1. The highest BCUT2D eigenvalue weighted by Crippen LogP contribution is 2.32. The fourth-order valence-corrected chi connectivity index (χ4v) is 3.87. The SMILES string of the molecule is [2H]c1c([2H])c2c(c([2H])c1CCC(=O)C(F)(F)c1ccc(Cl)cc1)CN(C1CCC(=O)NC1=O)C2=O. The molecule has 6 nitrogen and oxygen atoms in total. The number of carbonyl (C=O) groups excluding carboxylic acids is 4. The van der Waals surface area contributed by atoms with Gasteiger partial charge in [0.1, 0.15) is 6.04 Å². The average molecular weight is 464 g/mol. The minimum absolute atomic E-state index is 0.0247. The summed E-state index contributed by atoms with van der Waals surface area (Å²) in [6.45, 7) is -0.201. The van der Waals surface area contributed by atoms with Gasteiger partial charge in [-0.2, -0.15) is 8.78 Å². The van der Waals surface area contributed by atoms with Crippen molar-refractivity contribution in [3.63, 3.8) is 0 Å². The molecule has 0 spiro atoms. The van der Waals surface area contributed by atoms with Gasteiger partial charge in [0, 0.05) is 35.5 Å². The summed E-state index contributed by atoms with van der Waals surface area (Å²) in [5.74, 6) is -7.07. The first-order valence-corrected chi connectivity index (χ1v) is 10.2. The normalized spacial score (nSPS) is 19.8. The topological polar surface area (TPSA) is 83.6 Å². The summed E-state index contributed by atoms with van der Waals surface area (Å²) >= 11 is 5.71. The van der Waals surface area contributed by atoms with Crippen LogP contribution in [0.2, 0.25) is 5.02 Å². The van der Waals surface area contributed by atoms with E-state index in [0.29, 0.717) is 0 Å². The average Bonchev–Trinajstić information content (AvgIpc) is 3.15. The van der Waals surface area contributed by atoms with Crippen LogP contribution in [0.25, 0.3) is 0 Å². The molecule has 0 aromatic heterocycles. The van der Waals surface area contributed by atoms with Gasteiger partial charge in [-0.1, -0.05) is 35.8 Å². The molecular formula is C23H19ClF2N2O4.